The van der Waals surface area contributed by atoms with Crippen LogP contribution in [0.2, 0.25) is 0 Å². The number of pyridine rings is 2. The molecule has 2 heterocycles. The van der Waals surface area contributed by atoms with Gasteiger partial charge in [-0.05, 0) is 24.3 Å². The van der Waals surface area contributed by atoms with Gasteiger partial charge in [0, 0.05) is 17.8 Å². The topological polar surface area (TPSA) is 42.9 Å². The van der Waals surface area contributed by atoms with Crippen molar-refractivity contribution in [3.8, 4) is 0 Å². The zero-order valence-corrected chi connectivity index (χ0v) is 9.88. The fraction of sp³-hybridized carbons (Fsp3) is 0. The minimum absolute atomic E-state index is 0.180. The van der Waals surface area contributed by atoms with E-state index in [0.717, 1.165) is 5.39 Å². The third kappa shape index (κ3) is 1.97. The van der Waals surface area contributed by atoms with Crippen LogP contribution in [0.5, 0.6) is 0 Å². The molecule has 0 radical (unpaired) electrons. The molecule has 1 aromatic carbocycles. The maximum Gasteiger partial charge on any atom is 0.216 e. The molecule has 0 aliphatic carbocycles. The van der Waals surface area contributed by atoms with E-state index in [1.165, 1.54) is 18.3 Å². The zero-order chi connectivity index (χ0) is 13.2. The van der Waals surface area contributed by atoms with Gasteiger partial charge in [0.15, 0.2) is 5.82 Å². The van der Waals surface area contributed by atoms with Crippen molar-refractivity contribution in [1.29, 1.82) is 0 Å². The Bertz CT molecular complexity index is 765. The number of rotatable bonds is 2. The second-order valence-corrected chi connectivity index (χ2v) is 4.04. The molecule has 0 spiro atoms. The average Bonchev–Trinajstić information content (AvgIpc) is 2.46. The number of aromatic nitrogens is 2. The van der Waals surface area contributed by atoms with E-state index >= 15 is 0 Å². The Kier molecular flexibility index (Phi) is 2.76. The summed E-state index contributed by atoms with van der Waals surface area (Å²) in [5, 5.41) is 0.838. The molecular formula is C15H9FN2O. The van der Waals surface area contributed by atoms with Crippen molar-refractivity contribution in [3.05, 3.63) is 71.9 Å². The molecule has 0 saturated carbocycles. The van der Waals surface area contributed by atoms with Crippen LogP contribution in [-0.4, -0.2) is 15.8 Å². The lowest BCUT2D eigenvalue weighted by Gasteiger charge is -2.04. The summed E-state index contributed by atoms with van der Waals surface area (Å²) in [6.07, 6.45) is 3.00. The van der Waals surface area contributed by atoms with Crippen LogP contribution in [0.4, 0.5) is 4.39 Å². The van der Waals surface area contributed by atoms with Gasteiger partial charge in [-0.25, -0.2) is 9.37 Å². The van der Waals surface area contributed by atoms with E-state index in [2.05, 4.69) is 9.97 Å². The molecule has 0 aliphatic heterocycles. The van der Waals surface area contributed by atoms with Gasteiger partial charge in [0.05, 0.1) is 11.1 Å². The van der Waals surface area contributed by atoms with Gasteiger partial charge in [-0.3, -0.25) is 9.78 Å². The lowest BCUT2D eigenvalue weighted by Crippen LogP contribution is -2.07. The molecule has 0 bridgehead atoms. The van der Waals surface area contributed by atoms with E-state index in [4.69, 9.17) is 0 Å². The minimum atomic E-state index is -0.625. The summed E-state index contributed by atoms with van der Waals surface area (Å²) in [7, 11) is 0. The van der Waals surface area contributed by atoms with Crippen molar-refractivity contribution in [1.82, 2.24) is 9.97 Å². The molecule has 4 heteroatoms. The molecule has 3 aromatic rings. The normalized spacial score (nSPS) is 10.6. The quantitative estimate of drug-likeness (QED) is 0.658. The molecule has 0 N–H and O–H groups in total. The molecule has 92 valence electrons. The summed E-state index contributed by atoms with van der Waals surface area (Å²) in [5.41, 5.74) is 0.733. The van der Waals surface area contributed by atoms with Gasteiger partial charge < -0.3 is 0 Å². The molecule has 0 amide bonds. The Morgan fingerprint density at radius 1 is 0.947 bits per heavy atom. The van der Waals surface area contributed by atoms with Gasteiger partial charge in [0.2, 0.25) is 5.78 Å². The lowest BCUT2D eigenvalue weighted by molar-refractivity contribution is 0.103. The Morgan fingerprint density at radius 2 is 1.68 bits per heavy atom. The van der Waals surface area contributed by atoms with E-state index in [1.54, 1.807) is 24.4 Å². The van der Waals surface area contributed by atoms with E-state index in [-0.39, 0.29) is 5.69 Å². The third-order valence-electron chi connectivity index (χ3n) is 2.85. The maximum absolute atomic E-state index is 13.6. The fourth-order valence-electron chi connectivity index (χ4n) is 1.97. The Morgan fingerprint density at radius 3 is 2.53 bits per heavy atom. The van der Waals surface area contributed by atoms with Gasteiger partial charge in [-0.15, -0.1) is 0 Å². The van der Waals surface area contributed by atoms with Crippen LogP contribution in [0.3, 0.4) is 0 Å². The first-order chi connectivity index (χ1) is 9.27. The number of para-hydroxylation sites is 1. The van der Waals surface area contributed by atoms with Gasteiger partial charge in [-0.2, -0.15) is 0 Å². The highest BCUT2D eigenvalue weighted by atomic mass is 19.1. The fourth-order valence-corrected chi connectivity index (χ4v) is 1.97. The van der Waals surface area contributed by atoms with Crippen LogP contribution in [0.1, 0.15) is 16.1 Å². The molecule has 3 nitrogen and oxygen atoms in total. The van der Waals surface area contributed by atoms with Crippen LogP contribution in [0.25, 0.3) is 10.9 Å². The van der Waals surface area contributed by atoms with Crippen LogP contribution < -0.4 is 0 Å². The number of hydrogen-bond acceptors (Lipinski definition) is 3. The smallest absolute Gasteiger partial charge is 0.216 e. The van der Waals surface area contributed by atoms with Crippen molar-refractivity contribution in [2.24, 2.45) is 0 Å². The lowest BCUT2D eigenvalue weighted by atomic mass is 10.0. The van der Waals surface area contributed by atoms with E-state index in [9.17, 15) is 9.18 Å². The monoisotopic (exact) mass is 252 g/mol. The van der Waals surface area contributed by atoms with Gasteiger partial charge >= 0.3 is 0 Å². The maximum atomic E-state index is 13.6. The third-order valence-corrected chi connectivity index (χ3v) is 2.85. The summed E-state index contributed by atoms with van der Waals surface area (Å²) in [6, 6.07) is 11.6. The number of benzene rings is 1. The number of nitrogens with zero attached hydrogens (tertiary/aromatic N) is 2. The first-order valence-electron chi connectivity index (χ1n) is 5.76. The molecule has 2 aromatic heterocycles. The second kappa shape index (κ2) is 4.57. The van der Waals surface area contributed by atoms with Crippen LogP contribution in [0.15, 0.2) is 54.9 Å². The standard InChI is InChI=1S/C15H9FN2O/c16-12-7-3-9-18-14(12)15(19)11-6-1-4-10-5-2-8-17-13(10)11/h1-9H. The SMILES string of the molecule is O=C(c1ncccc1F)c1cccc2cccnc12. The average molecular weight is 252 g/mol. The Balaban J connectivity index is 2.20. The van der Waals surface area contributed by atoms with Crippen molar-refractivity contribution >= 4 is 16.7 Å². The van der Waals surface area contributed by atoms with Gasteiger partial charge in [0.1, 0.15) is 5.69 Å². The first-order valence-corrected chi connectivity index (χ1v) is 5.76. The van der Waals surface area contributed by atoms with Crippen molar-refractivity contribution < 1.29 is 9.18 Å². The number of carbonyl (C=O) groups excluding carboxylic acids is 1. The second-order valence-electron chi connectivity index (χ2n) is 4.04. The summed E-state index contributed by atoms with van der Waals surface area (Å²) >= 11 is 0. The summed E-state index contributed by atoms with van der Waals surface area (Å²) in [5.74, 6) is -1.08. The largest absolute Gasteiger partial charge is 0.287 e. The van der Waals surface area contributed by atoms with Crippen molar-refractivity contribution in [2.45, 2.75) is 0 Å². The first kappa shape index (κ1) is 11.5. The number of ketones is 1. The number of hydrogen-bond donors (Lipinski definition) is 0. The van der Waals surface area contributed by atoms with Crippen LogP contribution >= 0.6 is 0 Å². The van der Waals surface area contributed by atoms with Gasteiger partial charge in [0.25, 0.3) is 0 Å². The van der Waals surface area contributed by atoms with E-state index in [0.29, 0.717) is 11.1 Å². The van der Waals surface area contributed by atoms with E-state index < -0.39 is 11.6 Å². The Hall–Kier alpha value is -2.62. The van der Waals surface area contributed by atoms with Crippen LogP contribution in [0, 0.1) is 5.82 Å². The summed E-state index contributed by atoms with van der Waals surface area (Å²) < 4.78 is 13.6. The predicted octanol–water partition coefficient (Wildman–Crippen LogP) is 3.00. The number of halogens is 1. The summed E-state index contributed by atoms with van der Waals surface area (Å²) in [6.45, 7) is 0. The van der Waals surface area contributed by atoms with Crippen LogP contribution in [-0.2, 0) is 0 Å². The predicted molar refractivity (Wildman–Crippen MR) is 69.4 cm³/mol. The molecule has 0 fully saturated rings. The highest BCUT2D eigenvalue weighted by molar-refractivity contribution is 6.14. The highest BCUT2D eigenvalue weighted by Crippen LogP contribution is 2.19. The van der Waals surface area contributed by atoms with Crippen molar-refractivity contribution in [3.63, 3.8) is 0 Å². The summed E-state index contributed by atoms with van der Waals surface area (Å²) in [4.78, 5) is 20.3. The molecule has 0 atom stereocenters. The Labute approximate surface area is 108 Å². The molecular weight excluding hydrogens is 243 g/mol. The minimum Gasteiger partial charge on any atom is -0.287 e. The molecule has 0 aliphatic rings. The number of carbonyl (C=O) groups is 1. The number of fused-ring (bicyclic) bond motifs is 1. The zero-order valence-electron chi connectivity index (χ0n) is 9.88. The van der Waals surface area contributed by atoms with Gasteiger partial charge in [-0.1, -0.05) is 18.2 Å². The molecule has 3 rings (SSSR count). The molecule has 0 unspecified atom stereocenters. The van der Waals surface area contributed by atoms with Crippen molar-refractivity contribution in [2.75, 3.05) is 0 Å². The highest BCUT2D eigenvalue weighted by Gasteiger charge is 2.17. The molecule has 0 saturated heterocycles. The van der Waals surface area contributed by atoms with E-state index in [1.807, 2.05) is 12.1 Å². The molecule has 19 heavy (non-hydrogen) atoms.